The average molecular weight is 342 g/mol. The van der Waals surface area contributed by atoms with E-state index in [1.165, 1.54) is 24.0 Å². The first-order chi connectivity index (χ1) is 11.1. The van der Waals surface area contributed by atoms with Gasteiger partial charge in [-0.05, 0) is 0 Å². The van der Waals surface area contributed by atoms with Crippen LogP contribution in [0, 0.1) is 0 Å². The summed E-state index contributed by atoms with van der Waals surface area (Å²) in [5, 5.41) is 19.6. The molecule has 2 N–H and O–H groups in total. The number of aromatic nitrogens is 1. The fourth-order valence-electron chi connectivity index (χ4n) is 1.79. The maximum absolute atomic E-state index is 10.9. The molecule has 8 nitrogen and oxygen atoms in total. The number of nitrogens with zero attached hydrogens (tertiary/aromatic N) is 2. The second kappa shape index (κ2) is 8.70. The highest BCUT2D eigenvalue weighted by molar-refractivity contribution is 8.14. The molecule has 0 aliphatic carbocycles. The minimum Gasteiger partial charge on any atom is -0.503 e. The molecule has 1 aromatic heterocycles. The Morgan fingerprint density at radius 1 is 1.39 bits per heavy atom. The van der Waals surface area contributed by atoms with Crippen molar-refractivity contribution in [2.75, 3.05) is 39.3 Å². The lowest BCUT2D eigenvalue weighted by molar-refractivity contribution is -0.137. The largest absolute Gasteiger partial charge is 0.503 e. The van der Waals surface area contributed by atoms with Gasteiger partial charge in [-0.3, -0.25) is 4.99 Å². The molecule has 0 saturated heterocycles. The molecule has 0 saturated carbocycles. The molecule has 1 unspecified atom stereocenters. The number of aliphatic carboxylic acids is 1. The van der Waals surface area contributed by atoms with Gasteiger partial charge >= 0.3 is 5.97 Å². The fraction of sp³-hybridized carbons (Fsp3) is 0.500. The van der Waals surface area contributed by atoms with Crippen molar-refractivity contribution >= 4 is 22.8 Å². The van der Waals surface area contributed by atoms with Crippen molar-refractivity contribution in [3.63, 3.8) is 0 Å². The molecule has 9 heteroatoms. The third kappa shape index (κ3) is 4.81. The minimum absolute atomic E-state index is 0.151. The molecule has 0 amide bonds. The lowest BCUT2D eigenvalue weighted by atomic mass is 10.3. The number of hydrogen-bond acceptors (Lipinski definition) is 8. The summed E-state index contributed by atoms with van der Waals surface area (Å²) in [6, 6.07) is 0.720. The highest BCUT2D eigenvalue weighted by Gasteiger charge is 2.28. The van der Waals surface area contributed by atoms with Crippen molar-refractivity contribution in [2.24, 2.45) is 4.99 Å². The van der Waals surface area contributed by atoms with E-state index >= 15 is 0 Å². The Hall–Kier alpha value is -1.84. The predicted octanol–water partition coefficient (Wildman–Crippen LogP) is 0.776. The van der Waals surface area contributed by atoms with Crippen LogP contribution in [0.1, 0.15) is 5.69 Å². The Kier molecular flexibility index (Phi) is 6.63. The van der Waals surface area contributed by atoms with Gasteiger partial charge in [0, 0.05) is 25.1 Å². The van der Waals surface area contributed by atoms with Gasteiger partial charge in [0.05, 0.1) is 19.8 Å². The summed E-state index contributed by atoms with van der Waals surface area (Å²) in [7, 11) is 1.59. The molecule has 0 fully saturated rings. The molecular formula is C14H18N2O6S. The number of carboxylic acids is 1. The number of aromatic hydroxyl groups is 1. The van der Waals surface area contributed by atoms with Crippen LogP contribution in [0.4, 0.5) is 0 Å². The van der Waals surface area contributed by atoms with E-state index in [1.54, 1.807) is 7.11 Å². The predicted molar refractivity (Wildman–Crippen MR) is 84.5 cm³/mol. The molecule has 126 valence electrons. The normalized spacial score (nSPS) is 17.1. The molecule has 1 aromatic rings. The van der Waals surface area contributed by atoms with Crippen molar-refractivity contribution in [1.82, 2.24) is 4.98 Å². The third-order valence-corrected chi connectivity index (χ3v) is 4.00. The van der Waals surface area contributed by atoms with E-state index in [4.69, 9.17) is 19.3 Å². The first-order valence-corrected chi connectivity index (χ1v) is 7.93. The number of hydrogen-bond donors (Lipinski definition) is 2. The Bertz CT molecular complexity index is 580. The van der Waals surface area contributed by atoms with Crippen molar-refractivity contribution in [3.05, 3.63) is 18.0 Å². The summed E-state index contributed by atoms with van der Waals surface area (Å²) >= 11 is 1.24. The average Bonchev–Trinajstić information content (AvgIpc) is 3.02. The van der Waals surface area contributed by atoms with Gasteiger partial charge in [0.25, 0.3) is 0 Å². The van der Waals surface area contributed by atoms with E-state index in [0.29, 0.717) is 30.6 Å². The van der Waals surface area contributed by atoms with Crippen molar-refractivity contribution in [2.45, 2.75) is 6.04 Å². The molecule has 0 bridgehead atoms. The Balaban J connectivity index is 1.96. The van der Waals surface area contributed by atoms with Crippen molar-refractivity contribution in [1.29, 1.82) is 0 Å². The summed E-state index contributed by atoms with van der Waals surface area (Å²) in [6.07, 6.45) is 1.48. The SMILES string of the molecule is COCCOCCOc1ccnc(C2=NC(C(=O)O)CS2)c1O. The number of thioether (sulfide) groups is 1. The topological polar surface area (TPSA) is 110 Å². The van der Waals surface area contributed by atoms with E-state index in [9.17, 15) is 9.90 Å². The number of rotatable bonds is 9. The quantitative estimate of drug-likeness (QED) is 0.633. The van der Waals surface area contributed by atoms with E-state index in [0.717, 1.165) is 0 Å². The zero-order valence-electron chi connectivity index (χ0n) is 12.6. The number of aliphatic imine (C=N–C) groups is 1. The molecule has 0 spiro atoms. The van der Waals surface area contributed by atoms with Crippen LogP contribution in [0.3, 0.4) is 0 Å². The number of pyridine rings is 1. The number of methoxy groups -OCH3 is 1. The Labute approximate surface area is 137 Å². The number of carbonyl (C=O) groups is 1. The van der Waals surface area contributed by atoms with E-state index in [2.05, 4.69) is 9.98 Å². The number of ether oxygens (including phenoxy) is 3. The molecule has 23 heavy (non-hydrogen) atoms. The highest BCUT2D eigenvalue weighted by atomic mass is 32.2. The first kappa shape index (κ1) is 17.5. The summed E-state index contributed by atoms with van der Waals surface area (Å²) in [6.45, 7) is 1.60. The van der Waals surface area contributed by atoms with Gasteiger partial charge in [-0.15, -0.1) is 11.8 Å². The van der Waals surface area contributed by atoms with Gasteiger partial charge in [0.15, 0.2) is 17.5 Å². The van der Waals surface area contributed by atoms with Crippen LogP contribution in [0.25, 0.3) is 0 Å². The molecule has 1 aliphatic heterocycles. The standard InChI is InChI=1S/C14H18N2O6S/c1-20-4-5-21-6-7-22-10-2-3-15-11(12(10)17)13-16-9(8-23-13)14(18)19/h2-3,9,17H,4-8H2,1H3,(H,18,19). The summed E-state index contributed by atoms with van der Waals surface area (Å²) in [5.74, 6) is -0.564. The van der Waals surface area contributed by atoms with Crippen molar-refractivity contribution < 1.29 is 29.2 Å². The van der Waals surface area contributed by atoms with Crippen LogP contribution in [0.2, 0.25) is 0 Å². The highest BCUT2D eigenvalue weighted by Crippen LogP contribution is 2.33. The molecule has 0 radical (unpaired) electrons. The summed E-state index contributed by atoms with van der Waals surface area (Å²) in [4.78, 5) is 19.0. The zero-order chi connectivity index (χ0) is 16.7. The molecule has 0 aromatic carbocycles. The van der Waals surface area contributed by atoms with Gasteiger partial charge in [-0.1, -0.05) is 0 Å². The smallest absolute Gasteiger partial charge is 0.329 e. The fourth-order valence-corrected chi connectivity index (χ4v) is 2.81. The lowest BCUT2D eigenvalue weighted by Gasteiger charge is -2.10. The van der Waals surface area contributed by atoms with E-state index in [-0.39, 0.29) is 23.8 Å². The van der Waals surface area contributed by atoms with Crippen LogP contribution in [0.5, 0.6) is 11.5 Å². The van der Waals surface area contributed by atoms with Gasteiger partial charge < -0.3 is 24.4 Å². The van der Waals surface area contributed by atoms with Crippen LogP contribution in [-0.2, 0) is 14.3 Å². The second-order valence-electron chi connectivity index (χ2n) is 4.56. The van der Waals surface area contributed by atoms with Crippen molar-refractivity contribution in [3.8, 4) is 11.5 Å². The Morgan fingerprint density at radius 3 is 2.87 bits per heavy atom. The Morgan fingerprint density at radius 2 is 2.17 bits per heavy atom. The molecule has 1 atom stereocenters. The van der Waals surface area contributed by atoms with E-state index < -0.39 is 12.0 Å². The van der Waals surface area contributed by atoms with Gasteiger partial charge in [0.2, 0.25) is 0 Å². The maximum Gasteiger partial charge on any atom is 0.329 e. The molecule has 1 aliphatic rings. The number of carboxylic acid groups (broad SMARTS) is 1. The maximum atomic E-state index is 10.9. The second-order valence-corrected chi connectivity index (χ2v) is 5.57. The van der Waals surface area contributed by atoms with Crippen LogP contribution in [0.15, 0.2) is 17.3 Å². The molecule has 2 rings (SSSR count). The summed E-state index contributed by atoms with van der Waals surface area (Å²) < 4.78 is 15.6. The third-order valence-electron chi connectivity index (χ3n) is 2.94. The zero-order valence-corrected chi connectivity index (χ0v) is 13.4. The van der Waals surface area contributed by atoms with Gasteiger partial charge in [-0.25, -0.2) is 9.78 Å². The van der Waals surface area contributed by atoms with Crippen LogP contribution >= 0.6 is 11.8 Å². The first-order valence-electron chi connectivity index (χ1n) is 6.94. The lowest BCUT2D eigenvalue weighted by Crippen LogP contribution is -2.17. The van der Waals surface area contributed by atoms with Gasteiger partial charge in [-0.2, -0.15) is 0 Å². The summed E-state index contributed by atoms with van der Waals surface area (Å²) in [5.41, 5.74) is 0.233. The van der Waals surface area contributed by atoms with Gasteiger partial charge in [0.1, 0.15) is 17.3 Å². The molecular weight excluding hydrogens is 324 g/mol. The minimum atomic E-state index is -0.993. The van der Waals surface area contributed by atoms with Crippen LogP contribution in [-0.4, -0.2) is 71.5 Å². The van der Waals surface area contributed by atoms with Crippen LogP contribution < -0.4 is 4.74 Å². The van der Waals surface area contributed by atoms with E-state index in [1.807, 2.05) is 0 Å². The molecule has 2 heterocycles. The monoisotopic (exact) mass is 342 g/mol.